The second kappa shape index (κ2) is 6.33. The minimum absolute atomic E-state index is 0.0307. The number of hydrogen-bond acceptors (Lipinski definition) is 5. The van der Waals surface area contributed by atoms with Gasteiger partial charge >= 0.3 is 0 Å². The molecule has 0 radical (unpaired) electrons. The van der Waals surface area contributed by atoms with Gasteiger partial charge in [-0.05, 0) is 22.9 Å². The summed E-state index contributed by atoms with van der Waals surface area (Å²) < 4.78 is 1.55. The van der Waals surface area contributed by atoms with Gasteiger partial charge in [0.05, 0.1) is 5.25 Å². The third-order valence-electron chi connectivity index (χ3n) is 2.54. The molecule has 0 unspecified atom stereocenters. The number of nitrogens with zero attached hydrogens (tertiary/aromatic N) is 4. The van der Waals surface area contributed by atoms with Crippen LogP contribution in [0.1, 0.15) is 12.5 Å². The minimum Gasteiger partial charge on any atom is -0.351 e. The van der Waals surface area contributed by atoms with Gasteiger partial charge in [-0.25, -0.2) is 4.68 Å². The van der Waals surface area contributed by atoms with Gasteiger partial charge in [0.1, 0.15) is 0 Å². The van der Waals surface area contributed by atoms with Crippen LogP contribution in [0.5, 0.6) is 0 Å². The highest BCUT2D eigenvalue weighted by atomic mass is 32.2. The van der Waals surface area contributed by atoms with E-state index in [4.69, 9.17) is 0 Å². The van der Waals surface area contributed by atoms with E-state index < -0.39 is 0 Å². The van der Waals surface area contributed by atoms with E-state index in [2.05, 4.69) is 20.8 Å². The SMILES string of the molecule is C[C@@H](Sc1nnnn1C)C(=O)NCc1ccccc1. The number of thioether (sulfide) groups is 1. The molecule has 0 spiro atoms. The molecule has 1 aromatic carbocycles. The van der Waals surface area contributed by atoms with Crippen LogP contribution >= 0.6 is 11.8 Å². The minimum atomic E-state index is -0.242. The number of hydrogen-bond donors (Lipinski definition) is 1. The Balaban J connectivity index is 1.84. The molecule has 1 N–H and O–H groups in total. The molecule has 7 heteroatoms. The van der Waals surface area contributed by atoms with Gasteiger partial charge in [-0.15, -0.1) is 5.10 Å². The summed E-state index contributed by atoms with van der Waals surface area (Å²) in [5.41, 5.74) is 1.08. The lowest BCUT2D eigenvalue weighted by Gasteiger charge is -2.10. The van der Waals surface area contributed by atoms with Gasteiger partial charge < -0.3 is 5.32 Å². The average molecular weight is 277 g/mol. The lowest BCUT2D eigenvalue weighted by molar-refractivity contribution is -0.120. The van der Waals surface area contributed by atoms with Crippen LogP contribution < -0.4 is 5.32 Å². The molecule has 0 bridgehead atoms. The number of carbonyl (C=O) groups excluding carboxylic acids is 1. The van der Waals surface area contributed by atoms with Gasteiger partial charge in [0.15, 0.2) is 0 Å². The van der Waals surface area contributed by atoms with Gasteiger partial charge in [-0.2, -0.15) is 0 Å². The summed E-state index contributed by atoms with van der Waals surface area (Å²) in [6.45, 7) is 2.36. The monoisotopic (exact) mass is 277 g/mol. The summed E-state index contributed by atoms with van der Waals surface area (Å²) in [5, 5.41) is 14.4. The van der Waals surface area contributed by atoms with Crippen LogP contribution in [0, 0.1) is 0 Å². The Labute approximate surface area is 115 Å². The molecule has 0 fully saturated rings. The fourth-order valence-corrected chi connectivity index (χ4v) is 2.24. The molecule has 1 atom stereocenters. The molecule has 0 saturated heterocycles. The Kier molecular flexibility index (Phi) is 4.51. The molecule has 1 amide bonds. The highest BCUT2D eigenvalue weighted by Gasteiger charge is 2.17. The summed E-state index contributed by atoms with van der Waals surface area (Å²) in [5.74, 6) is -0.0307. The van der Waals surface area contributed by atoms with Crippen molar-refractivity contribution in [2.24, 2.45) is 7.05 Å². The van der Waals surface area contributed by atoms with Crippen molar-refractivity contribution in [1.82, 2.24) is 25.5 Å². The van der Waals surface area contributed by atoms with E-state index in [1.54, 1.807) is 11.7 Å². The van der Waals surface area contributed by atoms with E-state index in [-0.39, 0.29) is 11.2 Å². The van der Waals surface area contributed by atoms with Crippen molar-refractivity contribution >= 4 is 17.7 Å². The molecular weight excluding hydrogens is 262 g/mol. The van der Waals surface area contributed by atoms with E-state index in [0.717, 1.165) is 5.56 Å². The largest absolute Gasteiger partial charge is 0.351 e. The lowest BCUT2D eigenvalue weighted by Crippen LogP contribution is -2.30. The summed E-state index contributed by atoms with van der Waals surface area (Å²) in [4.78, 5) is 11.9. The van der Waals surface area contributed by atoms with Crippen molar-refractivity contribution in [1.29, 1.82) is 0 Å². The quantitative estimate of drug-likeness (QED) is 0.826. The van der Waals surface area contributed by atoms with Gasteiger partial charge in [-0.1, -0.05) is 42.1 Å². The first-order valence-electron chi connectivity index (χ1n) is 5.87. The van der Waals surface area contributed by atoms with Crippen molar-refractivity contribution in [2.45, 2.75) is 23.9 Å². The van der Waals surface area contributed by atoms with Crippen LogP contribution in [0.15, 0.2) is 35.5 Å². The molecule has 0 aliphatic carbocycles. The third kappa shape index (κ3) is 3.78. The zero-order valence-electron chi connectivity index (χ0n) is 10.8. The van der Waals surface area contributed by atoms with Gasteiger partial charge in [0, 0.05) is 13.6 Å². The molecule has 2 aromatic rings. The summed E-state index contributed by atoms with van der Waals surface area (Å²) in [6.07, 6.45) is 0. The van der Waals surface area contributed by atoms with Crippen LogP contribution in [-0.2, 0) is 18.4 Å². The Hall–Kier alpha value is -1.89. The van der Waals surface area contributed by atoms with E-state index >= 15 is 0 Å². The Morgan fingerprint density at radius 1 is 1.42 bits per heavy atom. The Bertz CT molecular complexity index is 542. The van der Waals surface area contributed by atoms with Gasteiger partial charge in [0.2, 0.25) is 11.1 Å². The number of aryl methyl sites for hydroxylation is 1. The smallest absolute Gasteiger partial charge is 0.233 e. The highest BCUT2D eigenvalue weighted by Crippen LogP contribution is 2.19. The molecule has 6 nitrogen and oxygen atoms in total. The Morgan fingerprint density at radius 3 is 2.79 bits per heavy atom. The van der Waals surface area contributed by atoms with Crippen LogP contribution in [0.3, 0.4) is 0 Å². The van der Waals surface area contributed by atoms with Crippen molar-refractivity contribution in [3.05, 3.63) is 35.9 Å². The van der Waals surface area contributed by atoms with E-state index in [1.165, 1.54) is 11.8 Å². The topological polar surface area (TPSA) is 72.7 Å². The molecule has 0 aliphatic rings. The predicted molar refractivity (Wildman–Crippen MR) is 72.4 cm³/mol. The summed E-state index contributed by atoms with van der Waals surface area (Å²) >= 11 is 1.33. The predicted octanol–water partition coefficient (Wildman–Crippen LogP) is 1.01. The molecule has 19 heavy (non-hydrogen) atoms. The third-order valence-corrected chi connectivity index (χ3v) is 3.67. The molecular formula is C12H15N5OS. The second-order valence-electron chi connectivity index (χ2n) is 4.05. The number of tetrazole rings is 1. The lowest BCUT2D eigenvalue weighted by atomic mass is 10.2. The number of amides is 1. The molecule has 1 aromatic heterocycles. The van der Waals surface area contributed by atoms with Crippen molar-refractivity contribution in [3.8, 4) is 0 Å². The Morgan fingerprint density at radius 2 is 2.16 bits per heavy atom. The van der Waals surface area contributed by atoms with Crippen molar-refractivity contribution < 1.29 is 4.79 Å². The molecule has 100 valence electrons. The molecule has 0 aliphatic heterocycles. The zero-order valence-corrected chi connectivity index (χ0v) is 11.6. The molecule has 2 rings (SSSR count). The van der Waals surface area contributed by atoms with E-state index in [1.807, 2.05) is 37.3 Å². The maximum atomic E-state index is 11.9. The molecule has 0 saturated carbocycles. The van der Waals surface area contributed by atoms with Crippen LogP contribution in [0.25, 0.3) is 0 Å². The first-order chi connectivity index (χ1) is 9.16. The fraction of sp³-hybridized carbons (Fsp3) is 0.333. The van der Waals surface area contributed by atoms with Crippen LogP contribution in [0.4, 0.5) is 0 Å². The summed E-state index contributed by atoms with van der Waals surface area (Å²) in [6, 6.07) is 9.80. The standard InChI is InChI=1S/C12H15N5OS/c1-9(19-12-14-15-16-17(12)2)11(18)13-8-10-6-4-3-5-7-10/h3-7,9H,8H2,1-2H3,(H,13,18)/t9-/m1/s1. The van der Waals surface area contributed by atoms with Gasteiger partial charge in [-0.3, -0.25) is 4.79 Å². The van der Waals surface area contributed by atoms with Crippen LogP contribution in [-0.4, -0.2) is 31.4 Å². The van der Waals surface area contributed by atoms with Crippen molar-refractivity contribution in [2.75, 3.05) is 0 Å². The number of benzene rings is 1. The highest BCUT2D eigenvalue weighted by molar-refractivity contribution is 8.00. The number of rotatable bonds is 5. The average Bonchev–Trinajstić information content (AvgIpc) is 2.82. The summed E-state index contributed by atoms with van der Waals surface area (Å²) in [7, 11) is 1.75. The second-order valence-corrected chi connectivity index (χ2v) is 5.36. The normalized spacial score (nSPS) is 12.1. The first kappa shape index (κ1) is 13.5. The first-order valence-corrected chi connectivity index (χ1v) is 6.75. The number of nitrogens with one attached hydrogen (secondary N) is 1. The fourth-order valence-electron chi connectivity index (χ4n) is 1.46. The van der Waals surface area contributed by atoms with Gasteiger partial charge in [0.25, 0.3) is 0 Å². The van der Waals surface area contributed by atoms with E-state index in [9.17, 15) is 4.79 Å². The number of aromatic nitrogens is 4. The van der Waals surface area contributed by atoms with Crippen LogP contribution in [0.2, 0.25) is 0 Å². The number of carbonyl (C=O) groups is 1. The van der Waals surface area contributed by atoms with E-state index in [0.29, 0.717) is 11.7 Å². The van der Waals surface area contributed by atoms with Crippen molar-refractivity contribution in [3.63, 3.8) is 0 Å². The zero-order chi connectivity index (χ0) is 13.7. The maximum Gasteiger partial charge on any atom is 0.233 e. The maximum absolute atomic E-state index is 11.9. The molecule has 1 heterocycles.